The fourth-order valence-electron chi connectivity index (χ4n) is 3.40. The summed E-state index contributed by atoms with van der Waals surface area (Å²) in [6.07, 6.45) is 3.66. The van der Waals surface area contributed by atoms with Crippen molar-refractivity contribution in [2.75, 3.05) is 43.9 Å². The van der Waals surface area contributed by atoms with E-state index < -0.39 is 0 Å². The van der Waals surface area contributed by atoms with Gasteiger partial charge in [0.15, 0.2) is 0 Å². The number of likely N-dealkylation sites (N-methyl/N-ethyl adjacent to an activating group) is 1. The number of nitrogens with one attached hydrogen (secondary N) is 2. The zero-order chi connectivity index (χ0) is 20.1. The molecule has 1 aliphatic heterocycles. The minimum atomic E-state index is -0.276. The third-order valence-corrected chi connectivity index (χ3v) is 4.70. The van der Waals surface area contributed by atoms with Gasteiger partial charge in [0.25, 0.3) is 0 Å². The van der Waals surface area contributed by atoms with Crippen LogP contribution in [0.1, 0.15) is 25.6 Å². The van der Waals surface area contributed by atoms with Gasteiger partial charge in [-0.25, -0.2) is 9.78 Å². The van der Waals surface area contributed by atoms with Crippen molar-refractivity contribution in [3.63, 3.8) is 0 Å². The Balaban J connectivity index is 1.53. The van der Waals surface area contributed by atoms with Crippen LogP contribution in [0.3, 0.4) is 0 Å². The lowest BCUT2D eigenvalue weighted by Gasteiger charge is -2.36. The second-order valence-corrected chi connectivity index (χ2v) is 7.40. The first kappa shape index (κ1) is 20.2. The van der Waals surface area contributed by atoms with E-state index in [4.69, 9.17) is 9.15 Å². The molecule has 3 atom stereocenters. The van der Waals surface area contributed by atoms with Crippen LogP contribution < -0.4 is 15.5 Å². The van der Waals surface area contributed by atoms with Crippen LogP contribution in [0, 0.1) is 0 Å². The highest BCUT2D eigenvalue weighted by atomic mass is 16.5. The highest BCUT2D eigenvalue weighted by Crippen LogP contribution is 2.20. The Morgan fingerprint density at radius 1 is 1.29 bits per heavy atom. The normalized spacial score (nSPS) is 20.8. The van der Waals surface area contributed by atoms with Gasteiger partial charge in [-0.05, 0) is 52.2 Å². The quantitative estimate of drug-likeness (QED) is 0.793. The molecule has 28 heavy (non-hydrogen) atoms. The molecule has 8 heteroatoms. The van der Waals surface area contributed by atoms with Gasteiger partial charge in [0.2, 0.25) is 0 Å². The monoisotopic (exact) mass is 387 g/mol. The number of hydrogen-bond acceptors (Lipinski definition) is 6. The number of furan rings is 1. The number of aromatic nitrogens is 1. The van der Waals surface area contributed by atoms with Crippen molar-refractivity contribution in [3.8, 4) is 0 Å². The molecule has 1 saturated heterocycles. The first-order chi connectivity index (χ1) is 13.4. The summed E-state index contributed by atoms with van der Waals surface area (Å²) in [5.41, 5.74) is 0.648. The molecule has 0 aromatic carbocycles. The van der Waals surface area contributed by atoms with Crippen LogP contribution in [0.5, 0.6) is 0 Å². The van der Waals surface area contributed by atoms with Gasteiger partial charge in [0, 0.05) is 19.6 Å². The molecule has 0 bridgehead atoms. The summed E-state index contributed by atoms with van der Waals surface area (Å²) in [4.78, 5) is 21.0. The second kappa shape index (κ2) is 9.07. The number of morpholine rings is 1. The minimum Gasteiger partial charge on any atom is -0.468 e. The van der Waals surface area contributed by atoms with Gasteiger partial charge in [-0.1, -0.05) is 0 Å². The first-order valence-corrected chi connectivity index (χ1v) is 9.53. The molecule has 2 N–H and O–H groups in total. The van der Waals surface area contributed by atoms with Crippen LogP contribution in [0.2, 0.25) is 0 Å². The van der Waals surface area contributed by atoms with Gasteiger partial charge in [0.05, 0.1) is 36.4 Å². The molecule has 2 amide bonds. The summed E-state index contributed by atoms with van der Waals surface area (Å²) in [6.45, 7) is 6.17. The number of carbonyl (C=O) groups excluding carboxylic acids is 1. The topological polar surface area (TPSA) is 82.9 Å². The largest absolute Gasteiger partial charge is 0.468 e. The fraction of sp³-hybridized carbons (Fsp3) is 0.500. The average Bonchev–Trinajstić information content (AvgIpc) is 3.15. The van der Waals surface area contributed by atoms with Gasteiger partial charge in [-0.2, -0.15) is 0 Å². The molecule has 1 aliphatic rings. The highest BCUT2D eigenvalue weighted by molar-refractivity contribution is 5.89. The summed E-state index contributed by atoms with van der Waals surface area (Å²) in [7, 11) is 3.89. The molecule has 152 valence electrons. The van der Waals surface area contributed by atoms with Crippen LogP contribution >= 0.6 is 0 Å². The van der Waals surface area contributed by atoms with Crippen LogP contribution in [-0.2, 0) is 4.74 Å². The van der Waals surface area contributed by atoms with Crippen molar-refractivity contribution in [2.45, 2.75) is 32.1 Å². The number of amides is 2. The molecule has 0 saturated carbocycles. The van der Waals surface area contributed by atoms with Crippen LogP contribution in [0.4, 0.5) is 16.3 Å². The van der Waals surface area contributed by atoms with Crippen LogP contribution in [-0.4, -0.2) is 61.9 Å². The van der Waals surface area contributed by atoms with Crippen molar-refractivity contribution in [1.82, 2.24) is 15.2 Å². The second-order valence-electron chi connectivity index (χ2n) is 7.40. The fourth-order valence-corrected chi connectivity index (χ4v) is 3.40. The number of nitrogens with zero attached hydrogens (tertiary/aromatic N) is 3. The average molecular weight is 387 g/mol. The molecule has 8 nitrogen and oxygen atoms in total. The van der Waals surface area contributed by atoms with E-state index in [1.165, 1.54) is 0 Å². The van der Waals surface area contributed by atoms with Crippen molar-refractivity contribution in [2.24, 2.45) is 0 Å². The Morgan fingerprint density at radius 2 is 2.04 bits per heavy atom. The van der Waals surface area contributed by atoms with Crippen molar-refractivity contribution < 1.29 is 13.9 Å². The maximum absolute atomic E-state index is 12.3. The highest BCUT2D eigenvalue weighted by Gasteiger charge is 2.23. The van der Waals surface area contributed by atoms with E-state index in [-0.39, 0.29) is 24.3 Å². The number of urea groups is 1. The van der Waals surface area contributed by atoms with Gasteiger partial charge >= 0.3 is 6.03 Å². The van der Waals surface area contributed by atoms with E-state index in [9.17, 15) is 4.79 Å². The van der Waals surface area contributed by atoms with Crippen LogP contribution in [0.15, 0.2) is 41.1 Å². The minimum absolute atomic E-state index is 0.0356. The summed E-state index contributed by atoms with van der Waals surface area (Å²) < 4.78 is 11.2. The maximum atomic E-state index is 12.3. The SMILES string of the molecule is C[C@@H]1CN(c2ccc(NC(=O)NC[C@@H](c3ccco3)N(C)C)cn2)C[C@H](C)O1. The lowest BCUT2D eigenvalue weighted by atomic mass is 10.2. The number of ether oxygens (including phenoxy) is 1. The number of hydrogen-bond donors (Lipinski definition) is 2. The molecule has 0 radical (unpaired) electrons. The lowest BCUT2D eigenvalue weighted by molar-refractivity contribution is -0.00545. The van der Waals surface area contributed by atoms with Gasteiger partial charge in [-0.3, -0.25) is 4.90 Å². The zero-order valence-corrected chi connectivity index (χ0v) is 16.9. The van der Waals surface area contributed by atoms with Crippen molar-refractivity contribution >= 4 is 17.5 Å². The zero-order valence-electron chi connectivity index (χ0n) is 16.9. The van der Waals surface area contributed by atoms with Gasteiger partial charge in [0.1, 0.15) is 11.6 Å². The molecule has 2 aromatic rings. The van der Waals surface area contributed by atoms with Crippen molar-refractivity contribution in [1.29, 1.82) is 0 Å². The maximum Gasteiger partial charge on any atom is 0.319 e. The molecule has 2 aromatic heterocycles. The molecular formula is C20H29N5O3. The number of rotatable bonds is 6. The summed E-state index contributed by atoms with van der Waals surface area (Å²) in [5, 5.41) is 5.71. The lowest BCUT2D eigenvalue weighted by Crippen LogP contribution is -2.45. The summed E-state index contributed by atoms with van der Waals surface area (Å²) in [5.74, 6) is 1.70. The smallest absolute Gasteiger partial charge is 0.319 e. The predicted molar refractivity (Wildman–Crippen MR) is 109 cm³/mol. The molecule has 0 aliphatic carbocycles. The summed E-state index contributed by atoms with van der Waals surface area (Å²) >= 11 is 0. The van der Waals surface area contributed by atoms with E-state index in [1.807, 2.05) is 43.3 Å². The predicted octanol–water partition coefficient (Wildman–Crippen LogP) is 2.71. The first-order valence-electron chi connectivity index (χ1n) is 9.53. The molecular weight excluding hydrogens is 358 g/mol. The van der Waals surface area contributed by atoms with Gasteiger partial charge < -0.3 is 24.7 Å². The third kappa shape index (κ3) is 5.24. The van der Waals surface area contributed by atoms with Crippen LogP contribution in [0.25, 0.3) is 0 Å². The molecule has 0 unspecified atom stereocenters. The van der Waals surface area contributed by atoms with E-state index >= 15 is 0 Å². The van der Waals surface area contributed by atoms with E-state index in [1.54, 1.807) is 12.5 Å². The molecule has 3 heterocycles. The molecule has 1 fully saturated rings. The number of carbonyl (C=O) groups is 1. The Labute approximate surface area is 165 Å². The Hall–Kier alpha value is -2.58. The summed E-state index contributed by atoms with van der Waals surface area (Å²) in [6, 6.07) is 7.22. The van der Waals surface area contributed by atoms with Gasteiger partial charge in [-0.15, -0.1) is 0 Å². The number of pyridine rings is 1. The van der Waals surface area contributed by atoms with E-state index in [2.05, 4.69) is 34.4 Å². The Kier molecular flexibility index (Phi) is 6.53. The van der Waals surface area contributed by atoms with E-state index in [0.717, 1.165) is 24.7 Å². The molecule has 0 spiro atoms. The Morgan fingerprint density at radius 3 is 2.61 bits per heavy atom. The van der Waals surface area contributed by atoms with Crippen molar-refractivity contribution in [3.05, 3.63) is 42.5 Å². The molecule has 3 rings (SSSR count). The van der Waals surface area contributed by atoms with E-state index in [0.29, 0.717) is 12.2 Å². The third-order valence-electron chi connectivity index (χ3n) is 4.70. The standard InChI is InChI=1S/C20H29N5O3/c1-14-12-25(13-15(2)28-14)19-8-7-16(10-21-19)23-20(26)22-11-17(24(3)4)18-6-5-9-27-18/h5-10,14-15,17H,11-13H2,1-4H3,(H2,22,23,26)/t14-,15+,17-/m0/s1. The number of anilines is 2. The Bertz CT molecular complexity index is 738.